The van der Waals surface area contributed by atoms with Crippen LogP contribution in [0.15, 0.2) is 0 Å². The molecule has 0 aromatic rings. The Morgan fingerprint density at radius 2 is 1.88 bits per heavy atom. The molecular formula is C10H18N2O4S. The summed E-state index contributed by atoms with van der Waals surface area (Å²) in [6.07, 6.45) is 2.88. The largest absolute Gasteiger partial charge is 0.463 e. The van der Waals surface area contributed by atoms with Gasteiger partial charge in [-0.05, 0) is 12.8 Å². The standard InChI is InChI=1S/C10H18N2O4S/c1-11(2)17(14,15)12-7-8-16-9(13)10(12)5-3-4-6-10/h3-8H2,1-2H3. The zero-order valence-corrected chi connectivity index (χ0v) is 11.0. The van der Waals surface area contributed by atoms with Crippen molar-refractivity contribution in [2.45, 2.75) is 31.2 Å². The SMILES string of the molecule is CN(C)S(=O)(=O)N1CCOC(=O)C12CCCC2. The normalized spacial score (nSPS) is 25.5. The van der Waals surface area contributed by atoms with Crippen LogP contribution in [0, 0.1) is 0 Å². The van der Waals surface area contributed by atoms with E-state index in [0.717, 1.165) is 17.1 Å². The van der Waals surface area contributed by atoms with E-state index < -0.39 is 15.7 Å². The molecule has 1 aliphatic heterocycles. The summed E-state index contributed by atoms with van der Waals surface area (Å²) in [6.45, 7) is 0.403. The van der Waals surface area contributed by atoms with Gasteiger partial charge >= 0.3 is 5.97 Å². The van der Waals surface area contributed by atoms with Crippen LogP contribution in [0.4, 0.5) is 0 Å². The van der Waals surface area contributed by atoms with Crippen LogP contribution < -0.4 is 0 Å². The predicted molar refractivity (Wildman–Crippen MR) is 61.5 cm³/mol. The lowest BCUT2D eigenvalue weighted by atomic mass is 9.97. The topological polar surface area (TPSA) is 66.9 Å². The number of hydrogen-bond acceptors (Lipinski definition) is 4. The minimum atomic E-state index is -3.56. The highest BCUT2D eigenvalue weighted by Crippen LogP contribution is 2.40. The van der Waals surface area contributed by atoms with E-state index in [9.17, 15) is 13.2 Å². The highest BCUT2D eigenvalue weighted by molar-refractivity contribution is 7.86. The number of hydrogen-bond donors (Lipinski definition) is 0. The van der Waals surface area contributed by atoms with E-state index in [2.05, 4.69) is 0 Å². The molecule has 0 bridgehead atoms. The Labute approximate surface area is 102 Å². The second-order valence-corrected chi connectivity index (χ2v) is 6.80. The Morgan fingerprint density at radius 1 is 1.29 bits per heavy atom. The first kappa shape index (κ1) is 12.8. The number of rotatable bonds is 2. The third kappa shape index (κ3) is 1.86. The van der Waals surface area contributed by atoms with Gasteiger partial charge < -0.3 is 4.74 Å². The molecule has 0 unspecified atom stereocenters. The molecule has 0 radical (unpaired) electrons. The molecule has 1 saturated carbocycles. The average molecular weight is 262 g/mol. The van der Waals surface area contributed by atoms with Crippen LogP contribution in [-0.4, -0.2) is 55.8 Å². The molecule has 7 heteroatoms. The lowest BCUT2D eigenvalue weighted by molar-refractivity contribution is -0.162. The lowest BCUT2D eigenvalue weighted by Gasteiger charge is -2.42. The van der Waals surface area contributed by atoms with Crippen molar-refractivity contribution in [3.8, 4) is 0 Å². The Kier molecular flexibility index (Phi) is 3.17. The first-order valence-electron chi connectivity index (χ1n) is 5.79. The summed E-state index contributed by atoms with van der Waals surface area (Å²) in [4.78, 5) is 12.0. The van der Waals surface area contributed by atoms with Gasteiger partial charge in [-0.3, -0.25) is 4.79 Å². The summed E-state index contributed by atoms with van der Waals surface area (Å²) in [5.74, 6) is -0.383. The first-order chi connectivity index (χ1) is 7.91. The number of esters is 1. The fraction of sp³-hybridized carbons (Fsp3) is 0.900. The Balaban J connectivity index is 2.41. The molecule has 0 atom stereocenters. The van der Waals surface area contributed by atoms with E-state index in [4.69, 9.17) is 4.74 Å². The van der Waals surface area contributed by atoms with E-state index >= 15 is 0 Å². The summed E-state index contributed by atoms with van der Waals surface area (Å²) < 4.78 is 32.0. The van der Waals surface area contributed by atoms with Crippen LogP contribution in [0.2, 0.25) is 0 Å². The summed E-state index contributed by atoms with van der Waals surface area (Å²) >= 11 is 0. The van der Waals surface area contributed by atoms with Gasteiger partial charge in [0.2, 0.25) is 0 Å². The van der Waals surface area contributed by atoms with Gasteiger partial charge in [0, 0.05) is 14.1 Å². The Morgan fingerprint density at radius 3 is 2.41 bits per heavy atom. The average Bonchev–Trinajstić information content (AvgIpc) is 2.72. The summed E-state index contributed by atoms with van der Waals surface area (Å²) in [7, 11) is -0.591. The van der Waals surface area contributed by atoms with E-state index in [-0.39, 0.29) is 19.1 Å². The molecule has 2 fully saturated rings. The summed E-state index contributed by atoms with van der Waals surface area (Å²) in [5.41, 5.74) is -0.943. The predicted octanol–water partition coefficient (Wildman–Crippen LogP) is -0.0356. The third-order valence-corrected chi connectivity index (χ3v) is 5.57. The van der Waals surface area contributed by atoms with Gasteiger partial charge in [0.15, 0.2) is 0 Å². The molecule has 17 heavy (non-hydrogen) atoms. The minimum absolute atomic E-state index is 0.146. The number of ether oxygens (including phenoxy) is 1. The molecule has 0 aromatic carbocycles. The molecule has 1 aliphatic carbocycles. The molecule has 0 amide bonds. The zero-order chi connectivity index (χ0) is 12.7. The van der Waals surface area contributed by atoms with Gasteiger partial charge in [-0.25, -0.2) is 0 Å². The summed E-state index contributed by atoms with van der Waals surface area (Å²) in [5, 5.41) is 0. The van der Waals surface area contributed by atoms with E-state index in [1.54, 1.807) is 0 Å². The highest BCUT2D eigenvalue weighted by atomic mass is 32.2. The second-order valence-electron chi connectivity index (χ2n) is 4.74. The molecule has 1 heterocycles. The van der Waals surface area contributed by atoms with Crippen molar-refractivity contribution in [3.63, 3.8) is 0 Å². The highest BCUT2D eigenvalue weighted by Gasteiger charge is 2.54. The van der Waals surface area contributed by atoms with Crippen molar-refractivity contribution in [3.05, 3.63) is 0 Å². The quantitative estimate of drug-likeness (QED) is 0.655. The number of carbonyl (C=O) groups is 1. The maximum Gasteiger partial charge on any atom is 0.327 e. The van der Waals surface area contributed by atoms with Crippen LogP contribution in [0.1, 0.15) is 25.7 Å². The fourth-order valence-electron chi connectivity index (χ4n) is 2.62. The van der Waals surface area contributed by atoms with Gasteiger partial charge in [-0.1, -0.05) is 12.8 Å². The molecule has 2 aliphatic rings. The van der Waals surface area contributed by atoms with Crippen molar-refractivity contribution in [2.24, 2.45) is 0 Å². The number of cyclic esters (lactones) is 1. The molecular weight excluding hydrogens is 244 g/mol. The monoisotopic (exact) mass is 262 g/mol. The number of morpholine rings is 1. The zero-order valence-electron chi connectivity index (χ0n) is 10.2. The van der Waals surface area contributed by atoms with Crippen LogP contribution in [0.5, 0.6) is 0 Å². The summed E-state index contributed by atoms with van der Waals surface area (Å²) in [6, 6.07) is 0. The molecule has 0 aromatic heterocycles. The Bertz CT molecular complexity index is 412. The van der Waals surface area contributed by atoms with Crippen molar-refractivity contribution in [1.29, 1.82) is 0 Å². The van der Waals surface area contributed by atoms with Crippen LogP contribution in [0.25, 0.3) is 0 Å². The maximum atomic E-state index is 12.2. The van der Waals surface area contributed by atoms with Crippen LogP contribution in [0.3, 0.4) is 0 Å². The van der Waals surface area contributed by atoms with Gasteiger partial charge in [-0.2, -0.15) is 17.0 Å². The van der Waals surface area contributed by atoms with Crippen LogP contribution in [-0.2, 0) is 19.7 Å². The molecule has 98 valence electrons. The van der Waals surface area contributed by atoms with Crippen molar-refractivity contribution < 1.29 is 17.9 Å². The van der Waals surface area contributed by atoms with Gasteiger partial charge in [0.25, 0.3) is 10.2 Å². The van der Waals surface area contributed by atoms with Crippen molar-refractivity contribution in [2.75, 3.05) is 27.2 Å². The molecule has 6 nitrogen and oxygen atoms in total. The maximum absolute atomic E-state index is 12.2. The van der Waals surface area contributed by atoms with Crippen molar-refractivity contribution in [1.82, 2.24) is 8.61 Å². The third-order valence-electron chi connectivity index (χ3n) is 3.56. The smallest absolute Gasteiger partial charge is 0.327 e. The molecule has 1 saturated heterocycles. The van der Waals surface area contributed by atoms with Gasteiger partial charge in [-0.15, -0.1) is 0 Å². The second kappa shape index (κ2) is 4.22. The van der Waals surface area contributed by atoms with Crippen molar-refractivity contribution >= 4 is 16.2 Å². The van der Waals surface area contributed by atoms with Gasteiger partial charge in [0.05, 0.1) is 6.54 Å². The lowest BCUT2D eigenvalue weighted by Crippen LogP contribution is -2.62. The minimum Gasteiger partial charge on any atom is -0.463 e. The van der Waals surface area contributed by atoms with Gasteiger partial charge in [0.1, 0.15) is 12.1 Å². The first-order valence-corrected chi connectivity index (χ1v) is 7.18. The number of carbonyl (C=O) groups excluding carboxylic acids is 1. The molecule has 0 N–H and O–H groups in total. The van der Waals surface area contributed by atoms with E-state index in [1.165, 1.54) is 18.4 Å². The number of nitrogens with zero attached hydrogens (tertiary/aromatic N) is 2. The van der Waals surface area contributed by atoms with Crippen LogP contribution >= 0.6 is 0 Å². The molecule has 2 rings (SSSR count). The van der Waals surface area contributed by atoms with E-state index in [0.29, 0.717) is 12.8 Å². The molecule has 1 spiro atoms. The fourth-order valence-corrected chi connectivity index (χ4v) is 4.02. The van der Waals surface area contributed by atoms with E-state index in [1.807, 2.05) is 0 Å². The Hall–Kier alpha value is -0.660.